The van der Waals surface area contributed by atoms with Crippen molar-refractivity contribution in [2.75, 3.05) is 11.1 Å². The molecular formula is C23H20ClN5OS2. The number of aromatic nitrogens is 4. The van der Waals surface area contributed by atoms with Crippen molar-refractivity contribution in [1.29, 1.82) is 0 Å². The highest BCUT2D eigenvalue weighted by atomic mass is 35.5. The lowest BCUT2D eigenvalue weighted by Gasteiger charge is -2.10. The van der Waals surface area contributed by atoms with Crippen LogP contribution in [0.25, 0.3) is 22.5 Å². The van der Waals surface area contributed by atoms with Crippen LogP contribution in [-0.4, -0.2) is 31.4 Å². The predicted molar refractivity (Wildman–Crippen MR) is 132 cm³/mol. The number of nitrogens with one attached hydrogen (secondary N) is 1. The van der Waals surface area contributed by atoms with E-state index in [4.69, 9.17) is 11.6 Å². The summed E-state index contributed by atoms with van der Waals surface area (Å²) in [6.45, 7) is 6.51. The first-order valence-corrected chi connectivity index (χ1v) is 12.0. The van der Waals surface area contributed by atoms with Gasteiger partial charge in [-0.25, -0.2) is 4.98 Å². The maximum absolute atomic E-state index is 12.4. The summed E-state index contributed by atoms with van der Waals surface area (Å²) in [4.78, 5) is 17.6. The van der Waals surface area contributed by atoms with Gasteiger partial charge in [0.05, 0.1) is 11.4 Å². The number of rotatable bonds is 8. The molecular weight excluding hydrogens is 462 g/mol. The van der Waals surface area contributed by atoms with Crippen molar-refractivity contribution in [3.8, 4) is 22.5 Å². The van der Waals surface area contributed by atoms with Crippen LogP contribution in [0.1, 0.15) is 4.88 Å². The van der Waals surface area contributed by atoms with E-state index < -0.39 is 0 Å². The van der Waals surface area contributed by atoms with Crippen LogP contribution in [0.3, 0.4) is 0 Å². The molecule has 4 aromatic rings. The molecule has 1 amide bonds. The van der Waals surface area contributed by atoms with Gasteiger partial charge in [-0.1, -0.05) is 59.8 Å². The number of amides is 1. The van der Waals surface area contributed by atoms with Crippen LogP contribution in [0, 0.1) is 6.92 Å². The number of thioether (sulfide) groups is 1. The van der Waals surface area contributed by atoms with E-state index in [9.17, 15) is 4.79 Å². The van der Waals surface area contributed by atoms with E-state index in [1.165, 1.54) is 16.6 Å². The molecule has 3 aromatic heterocycles. The highest BCUT2D eigenvalue weighted by Gasteiger charge is 2.20. The molecule has 0 aliphatic carbocycles. The first-order chi connectivity index (χ1) is 15.6. The number of aryl methyl sites for hydroxylation is 1. The lowest BCUT2D eigenvalue weighted by molar-refractivity contribution is -0.113. The number of benzene rings is 1. The van der Waals surface area contributed by atoms with E-state index in [1.807, 2.05) is 22.8 Å². The molecule has 0 saturated carbocycles. The third kappa shape index (κ3) is 4.77. The van der Waals surface area contributed by atoms with E-state index >= 15 is 0 Å². The van der Waals surface area contributed by atoms with Crippen LogP contribution in [0.4, 0.5) is 5.69 Å². The summed E-state index contributed by atoms with van der Waals surface area (Å²) < 4.78 is 1.98. The van der Waals surface area contributed by atoms with Gasteiger partial charge in [0.15, 0.2) is 16.1 Å². The molecule has 0 aliphatic heterocycles. The number of hydrogen-bond acceptors (Lipinski definition) is 6. The summed E-state index contributed by atoms with van der Waals surface area (Å²) in [7, 11) is 0. The number of thiophene rings is 1. The zero-order chi connectivity index (χ0) is 22.5. The van der Waals surface area contributed by atoms with Gasteiger partial charge in [0, 0.05) is 34.1 Å². The molecule has 0 aliphatic rings. The zero-order valence-corrected chi connectivity index (χ0v) is 19.7. The maximum atomic E-state index is 12.4. The third-order valence-electron chi connectivity index (χ3n) is 4.67. The first-order valence-electron chi connectivity index (χ1n) is 9.79. The van der Waals surface area contributed by atoms with Crippen molar-refractivity contribution < 1.29 is 4.79 Å². The maximum Gasteiger partial charge on any atom is 0.234 e. The number of carbonyl (C=O) groups is 1. The van der Waals surface area contributed by atoms with Crippen molar-refractivity contribution in [2.45, 2.75) is 18.6 Å². The highest BCUT2D eigenvalue weighted by Crippen LogP contribution is 2.39. The normalized spacial score (nSPS) is 10.8. The summed E-state index contributed by atoms with van der Waals surface area (Å²) in [6, 6.07) is 13.7. The van der Waals surface area contributed by atoms with Crippen LogP contribution in [0.5, 0.6) is 0 Å². The SMILES string of the molecule is C=CCn1c(SCC(=O)Nc2cccnc2Cl)nnc1-c1csc(C)c1-c1ccccc1. The number of hydrogen-bond donors (Lipinski definition) is 1. The van der Waals surface area contributed by atoms with Gasteiger partial charge in [-0.15, -0.1) is 28.1 Å². The Morgan fingerprint density at radius 3 is 2.81 bits per heavy atom. The Balaban J connectivity index is 1.58. The fraction of sp³-hybridized carbons (Fsp3) is 0.130. The average Bonchev–Trinajstić information content (AvgIpc) is 3.37. The Morgan fingerprint density at radius 2 is 2.06 bits per heavy atom. The molecule has 0 spiro atoms. The lowest BCUT2D eigenvalue weighted by atomic mass is 10.0. The predicted octanol–water partition coefficient (Wildman–Crippen LogP) is 5.95. The van der Waals surface area contributed by atoms with Gasteiger partial charge >= 0.3 is 0 Å². The molecule has 9 heteroatoms. The van der Waals surface area contributed by atoms with Crippen LogP contribution < -0.4 is 5.32 Å². The van der Waals surface area contributed by atoms with E-state index in [0.717, 1.165) is 22.5 Å². The van der Waals surface area contributed by atoms with E-state index in [2.05, 4.69) is 51.5 Å². The minimum Gasteiger partial charge on any atom is -0.323 e. The Labute approximate surface area is 199 Å². The van der Waals surface area contributed by atoms with Crippen LogP contribution in [0.2, 0.25) is 5.15 Å². The fourth-order valence-electron chi connectivity index (χ4n) is 3.27. The topological polar surface area (TPSA) is 72.7 Å². The van der Waals surface area contributed by atoms with Gasteiger partial charge in [-0.05, 0) is 24.6 Å². The zero-order valence-electron chi connectivity index (χ0n) is 17.3. The van der Waals surface area contributed by atoms with Crippen LogP contribution >= 0.6 is 34.7 Å². The quantitative estimate of drug-likeness (QED) is 0.191. The van der Waals surface area contributed by atoms with Gasteiger partial charge in [0.1, 0.15) is 0 Å². The number of nitrogens with zero attached hydrogens (tertiary/aromatic N) is 4. The minimum absolute atomic E-state index is 0.161. The van der Waals surface area contributed by atoms with E-state index in [1.54, 1.807) is 35.7 Å². The molecule has 0 fully saturated rings. The van der Waals surface area contributed by atoms with E-state index in [-0.39, 0.29) is 16.8 Å². The number of pyridine rings is 1. The second-order valence-corrected chi connectivity index (χ2v) is 9.21. The summed E-state index contributed by atoms with van der Waals surface area (Å²) in [6.07, 6.45) is 3.37. The third-order valence-corrected chi connectivity index (χ3v) is 6.85. The summed E-state index contributed by atoms with van der Waals surface area (Å²) in [5.74, 6) is 0.719. The molecule has 6 nitrogen and oxygen atoms in total. The molecule has 0 radical (unpaired) electrons. The molecule has 32 heavy (non-hydrogen) atoms. The van der Waals surface area contributed by atoms with Crippen molar-refractivity contribution in [3.63, 3.8) is 0 Å². The molecule has 0 bridgehead atoms. The minimum atomic E-state index is -0.198. The Bertz CT molecular complexity index is 1250. The van der Waals surface area contributed by atoms with E-state index in [0.29, 0.717) is 17.4 Å². The molecule has 162 valence electrons. The van der Waals surface area contributed by atoms with Crippen LogP contribution in [0.15, 0.2) is 71.9 Å². The molecule has 3 heterocycles. The van der Waals surface area contributed by atoms with Gasteiger partial charge in [0.2, 0.25) is 5.91 Å². The van der Waals surface area contributed by atoms with Crippen molar-refractivity contribution in [2.24, 2.45) is 0 Å². The fourth-order valence-corrected chi connectivity index (χ4v) is 5.04. The van der Waals surface area contributed by atoms with Crippen molar-refractivity contribution in [1.82, 2.24) is 19.7 Å². The molecule has 0 unspecified atom stereocenters. The molecule has 0 saturated heterocycles. The van der Waals surface area contributed by atoms with Gasteiger partial charge in [-0.3, -0.25) is 9.36 Å². The highest BCUT2D eigenvalue weighted by molar-refractivity contribution is 7.99. The molecule has 1 aromatic carbocycles. The van der Waals surface area contributed by atoms with Crippen LogP contribution in [-0.2, 0) is 11.3 Å². The van der Waals surface area contributed by atoms with Gasteiger partial charge < -0.3 is 5.32 Å². The molecule has 1 N–H and O–H groups in total. The van der Waals surface area contributed by atoms with Gasteiger partial charge in [-0.2, -0.15) is 0 Å². The largest absolute Gasteiger partial charge is 0.323 e. The smallest absolute Gasteiger partial charge is 0.234 e. The number of carbonyl (C=O) groups excluding carboxylic acids is 1. The van der Waals surface area contributed by atoms with Crippen molar-refractivity contribution >= 4 is 46.3 Å². The Kier molecular flexibility index (Phi) is 7.04. The standard InChI is InChI=1S/C23H20ClN5OS2/c1-3-12-29-22(17-13-31-15(2)20(17)16-8-5-4-6-9-16)27-28-23(29)32-14-19(30)26-18-10-7-11-25-21(18)24/h3-11,13H,1,12,14H2,2H3,(H,26,30). The molecule has 0 atom stereocenters. The second-order valence-electron chi connectivity index (χ2n) is 6.83. The monoisotopic (exact) mass is 481 g/mol. The Morgan fingerprint density at radius 1 is 1.25 bits per heavy atom. The lowest BCUT2D eigenvalue weighted by Crippen LogP contribution is -2.15. The summed E-state index contributed by atoms with van der Waals surface area (Å²) in [5, 5.41) is 14.6. The molecule has 4 rings (SSSR count). The first kappa shape index (κ1) is 22.3. The Hall–Kier alpha value is -2.94. The number of halogens is 1. The second kappa shape index (κ2) is 10.1. The number of allylic oxidation sites excluding steroid dienone is 1. The summed E-state index contributed by atoms with van der Waals surface area (Å²) in [5.41, 5.74) is 3.78. The summed E-state index contributed by atoms with van der Waals surface area (Å²) >= 11 is 9.02. The average molecular weight is 482 g/mol. The van der Waals surface area contributed by atoms with Crippen molar-refractivity contribution in [3.05, 3.63) is 76.7 Å². The van der Waals surface area contributed by atoms with Gasteiger partial charge in [0.25, 0.3) is 0 Å². The number of anilines is 1.